The molecule has 8 aromatic rings. The van der Waals surface area contributed by atoms with Crippen LogP contribution >= 0.6 is 0 Å². The highest BCUT2D eigenvalue weighted by Crippen LogP contribution is 2.59. The summed E-state index contributed by atoms with van der Waals surface area (Å²) in [5.41, 5.74) is 10.3. The zero-order chi connectivity index (χ0) is 31.0. The summed E-state index contributed by atoms with van der Waals surface area (Å²) >= 11 is 0. The van der Waals surface area contributed by atoms with E-state index in [1.807, 2.05) is 36.5 Å². The Morgan fingerprint density at radius 2 is 1.11 bits per heavy atom. The average molecular weight is 603 g/mol. The number of benzene rings is 6. The minimum Gasteiger partial charge on any atom is -0.450 e. The van der Waals surface area contributed by atoms with Crippen molar-refractivity contribution < 1.29 is 9.47 Å². The first-order valence-corrected chi connectivity index (χ1v) is 15.8. The molecule has 0 fully saturated rings. The highest BCUT2D eigenvalue weighted by molar-refractivity contribution is 6.03. The molecule has 1 aliphatic carbocycles. The quantitative estimate of drug-likeness (QED) is 0.189. The average Bonchev–Trinajstić information content (AvgIpc) is 3.43. The molecule has 0 amide bonds. The van der Waals surface area contributed by atoms with Crippen LogP contribution in [0.25, 0.3) is 44.2 Å². The van der Waals surface area contributed by atoms with Crippen LogP contribution in [0.2, 0.25) is 0 Å². The van der Waals surface area contributed by atoms with Gasteiger partial charge in [-0.3, -0.25) is 4.98 Å². The number of ether oxygens (including phenoxy) is 2. The van der Waals surface area contributed by atoms with Gasteiger partial charge in [0.2, 0.25) is 0 Å². The third kappa shape index (κ3) is 3.76. The van der Waals surface area contributed by atoms with Gasteiger partial charge in [-0.1, -0.05) is 109 Å². The third-order valence-electron chi connectivity index (χ3n) is 9.63. The lowest BCUT2D eigenvalue weighted by Crippen LogP contribution is -2.28. The molecule has 0 bridgehead atoms. The largest absolute Gasteiger partial charge is 0.450 e. The lowest BCUT2D eigenvalue weighted by molar-refractivity contribution is 0.359. The number of pyridine rings is 2. The summed E-state index contributed by atoms with van der Waals surface area (Å²) in [7, 11) is 0. The molecule has 4 heteroatoms. The van der Waals surface area contributed by atoms with Gasteiger partial charge in [0.25, 0.3) is 0 Å². The van der Waals surface area contributed by atoms with Crippen molar-refractivity contribution in [3.63, 3.8) is 0 Å². The number of fused-ring (bicyclic) bond motifs is 8. The second-order valence-electron chi connectivity index (χ2n) is 12.1. The summed E-state index contributed by atoms with van der Waals surface area (Å²) in [5.74, 6) is 2.74. The Kier molecular flexibility index (Phi) is 5.46. The van der Waals surface area contributed by atoms with E-state index in [-0.39, 0.29) is 0 Å². The van der Waals surface area contributed by atoms with Crippen molar-refractivity contribution in [2.45, 2.75) is 5.41 Å². The van der Waals surface area contributed by atoms with Gasteiger partial charge in [0.1, 0.15) is 0 Å². The highest BCUT2D eigenvalue weighted by atomic mass is 16.6. The van der Waals surface area contributed by atoms with E-state index < -0.39 is 5.41 Å². The second kappa shape index (κ2) is 9.87. The molecule has 220 valence electrons. The Balaban J connectivity index is 1.11. The predicted molar refractivity (Wildman–Crippen MR) is 186 cm³/mol. The maximum absolute atomic E-state index is 6.65. The highest BCUT2D eigenvalue weighted by Gasteiger charge is 2.47. The van der Waals surface area contributed by atoms with Crippen LogP contribution in [0, 0.1) is 0 Å². The van der Waals surface area contributed by atoms with Crippen molar-refractivity contribution >= 4 is 21.8 Å². The molecular weight excluding hydrogens is 576 g/mol. The predicted octanol–water partition coefficient (Wildman–Crippen LogP) is 10.7. The van der Waals surface area contributed by atoms with Crippen LogP contribution in [-0.4, -0.2) is 9.97 Å². The number of nitrogens with zero attached hydrogens (tertiary/aromatic N) is 2. The summed E-state index contributed by atoms with van der Waals surface area (Å²) in [6.07, 6.45) is 1.82. The van der Waals surface area contributed by atoms with E-state index in [9.17, 15) is 0 Å². The standard InChI is InChI=1S/C43H26N2O2/c1-3-11-30(12-4-1)43(31-13-5-2-6-14-31)34-16-8-7-15-32(34)33-25-39-40(26-35(33)43)46-37-22-20-29(24-38(37)47-39)36-21-19-28-18-17-27-10-9-23-44-41(27)42(28)45-36/h1-26H. The Bertz CT molecular complexity index is 2490. The van der Waals surface area contributed by atoms with Gasteiger partial charge in [-0.05, 0) is 75.8 Å². The number of rotatable bonds is 3. The number of hydrogen-bond donors (Lipinski definition) is 0. The van der Waals surface area contributed by atoms with E-state index in [2.05, 4.69) is 126 Å². The van der Waals surface area contributed by atoms with Gasteiger partial charge < -0.3 is 9.47 Å². The van der Waals surface area contributed by atoms with Gasteiger partial charge in [-0.15, -0.1) is 0 Å². The minimum absolute atomic E-state index is 0.502. The molecule has 1 aliphatic heterocycles. The third-order valence-corrected chi connectivity index (χ3v) is 9.63. The van der Waals surface area contributed by atoms with Crippen molar-refractivity contribution in [2.75, 3.05) is 0 Å². The molecule has 10 rings (SSSR count). The smallest absolute Gasteiger partial charge is 0.170 e. The number of aromatic nitrogens is 2. The van der Waals surface area contributed by atoms with Crippen molar-refractivity contribution in [1.29, 1.82) is 0 Å². The van der Waals surface area contributed by atoms with Gasteiger partial charge in [0, 0.05) is 22.5 Å². The van der Waals surface area contributed by atoms with Gasteiger partial charge in [0.15, 0.2) is 23.0 Å². The molecule has 0 spiro atoms. The van der Waals surface area contributed by atoms with Crippen LogP contribution in [0.5, 0.6) is 23.0 Å². The molecule has 2 aromatic heterocycles. The van der Waals surface area contributed by atoms with Gasteiger partial charge in [-0.2, -0.15) is 0 Å². The normalized spacial score (nSPS) is 13.6. The van der Waals surface area contributed by atoms with Crippen molar-refractivity contribution in [2.24, 2.45) is 0 Å². The molecule has 47 heavy (non-hydrogen) atoms. The van der Waals surface area contributed by atoms with E-state index in [4.69, 9.17) is 14.5 Å². The molecule has 0 saturated carbocycles. The summed E-state index contributed by atoms with van der Waals surface area (Å²) in [6.45, 7) is 0. The van der Waals surface area contributed by atoms with Crippen molar-refractivity contribution in [3.05, 3.63) is 180 Å². The summed E-state index contributed by atoms with van der Waals surface area (Å²) in [6, 6.07) is 53.0. The van der Waals surface area contributed by atoms with Crippen LogP contribution in [0.3, 0.4) is 0 Å². The molecule has 0 atom stereocenters. The first kappa shape index (κ1) is 26.0. The van der Waals surface area contributed by atoms with E-state index >= 15 is 0 Å². The van der Waals surface area contributed by atoms with Gasteiger partial charge in [-0.25, -0.2) is 4.98 Å². The van der Waals surface area contributed by atoms with E-state index in [1.165, 1.54) is 27.8 Å². The van der Waals surface area contributed by atoms with Crippen LogP contribution in [-0.2, 0) is 5.41 Å². The molecule has 2 aliphatic rings. The second-order valence-corrected chi connectivity index (χ2v) is 12.1. The van der Waals surface area contributed by atoms with Crippen LogP contribution in [0.1, 0.15) is 22.3 Å². The van der Waals surface area contributed by atoms with Gasteiger partial charge >= 0.3 is 0 Å². The molecule has 6 aromatic carbocycles. The lowest BCUT2D eigenvalue weighted by atomic mass is 9.67. The Morgan fingerprint density at radius 1 is 0.447 bits per heavy atom. The lowest BCUT2D eigenvalue weighted by Gasteiger charge is -2.34. The summed E-state index contributed by atoms with van der Waals surface area (Å²) in [5, 5.41) is 2.13. The molecule has 0 saturated heterocycles. The fraction of sp³-hybridized carbons (Fsp3) is 0.0233. The van der Waals surface area contributed by atoms with Gasteiger partial charge in [0.05, 0.1) is 22.1 Å². The van der Waals surface area contributed by atoms with Crippen LogP contribution < -0.4 is 9.47 Å². The van der Waals surface area contributed by atoms with Crippen molar-refractivity contribution in [1.82, 2.24) is 9.97 Å². The first-order valence-electron chi connectivity index (χ1n) is 15.8. The van der Waals surface area contributed by atoms with E-state index in [0.717, 1.165) is 38.6 Å². The fourth-order valence-electron chi connectivity index (χ4n) is 7.56. The summed E-state index contributed by atoms with van der Waals surface area (Å²) in [4.78, 5) is 9.68. The molecule has 0 N–H and O–H groups in total. The van der Waals surface area contributed by atoms with Crippen molar-refractivity contribution in [3.8, 4) is 45.4 Å². The van der Waals surface area contributed by atoms with E-state index in [1.54, 1.807) is 0 Å². The zero-order valence-electron chi connectivity index (χ0n) is 25.2. The van der Waals surface area contributed by atoms with Crippen LogP contribution in [0.15, 0.2) is 158 Å². The molecule has 3 heterocycles. The SMILES string of the molecule is c1ccc(C2(c3ccccc3)c3ccccc3-c3cc4c(cc32)Oc2ccc(-c3ccc5ccc6cccnc6c5n3)cc2O4)cc1. The Labute approximate surface area is 271 Å². The monoisotopic (exact) mass is 602 g/mol. The fourth-order valence-corrected chi connectivity index (χ4v) is 7.56. The minimum atomic E-state index is -0.502. The first-order chi connectivity index (χ1) is 23.3. The maximum Gasteiger partial charge on any atom is 0.170 e. The maximum atomic E-state index is 6.65. The zero-order valence-corrected chi connectivity index (χ0v) is 25.2. The Morgan fingerprint density at radius 3 is 1.91 bits per heavy atom. The summed E-state index contributed by atoms with van der Waals surface area (Å²) < 4.78 is 13.3. The molecule has 0 radical (unpaired) electrons. The van der Waals surface area contributed by atoms with E-state index in [0.29, 0.717) is 23.0 Å². The van der Waals surface area contributed by atoms with Crippen LogP contribution in [0.4, 0.5) is 0 Å². The topological polar surface area (TPSA) is 44.2 Å². The molecular formula is C43H26N2O2. The molecule has 4 nitrogen and oxygen atoms in total. The molecule has 0 unspecified atom stereocenters. The Hall–Kier alpha value is -6.26. The number of hydrogen-bond acceptors (Lipinski definition) is 4.